The summed E-state index contributed by atoms with van der Waals surface area (Å²) >= 11 is 0. The van der Waals surface area contributed by atoms with Crippen molar-refractivity contribution < 1.29 is 14.3 Å². The molecule has 1 aromatic carbocycles. The number of nitrogens with one attached hydrogen (secondary N) is 1. The molecule has 4 rings (SSSR count). The molecular weight excluding hydrogens is 396 g/mol. The van der Waals surface area contributed by atoms with Gasteiger partial charge in [0.2, 0.25) is 0 Å². The molecule has 3 heterocycles. The summed E-state index contributed by atoms with van der Waals surface area (Å²) in [6.07, 6.45) is 3.47. The summed E-state index contributed by atoms with van der Waals surface area (Å²) < 4.78 is 10.5. The fourth-order valence-electron chi connectivity index (χ4n) is 3.39. The highest BCUT2D eigenvalue weighted by atomic mass is 16.5. The number of aromatic nitrogens is 3. The summed E-state index contributed by atoms with van der Waals surface area (Å²) in [5.74, 6) is 2.04. The number of anilines is 2. The van der Waals surface area contributed by atoms with Gasteiger partial charge in [-0.25, -0.2) is 4.79 Å². The molecule has 0 radical (unpaired) electrons. The molecule has 31 heavy (non-hydrogen) atoms. The molecule has 3 aromatic rings. The second-order valence-corrected chi connectivity index (χ2v) is 7.02. The SMILES string of the molecule is COc1cc(NC(=O)N2CCN(c3ccc(-c4ccncc4)nn3)CC2)cc(OC)c1. The van der Waals surface area contributed by atoms with Crippen LogP contribution in [0.3, 0.4) is 0 Å². The van der Waals surface area contributed by atoms with Gasteiger partial charge in [0.1, 0.15) is 11.5 Å². The van der Waals surface area contributed by atoms with Gasteiger partial charge in [-0.1, -0.05) is 0 Å². The van der Waals surface area contributed by atoms with E-state index in [4.69, 9.17) is 9.47 Å². The number of benzene rings is 1. The lowest BCUT2D eigenvalue weighted by atomic mass is 10.2. The van der Waals surface area contributed by atoms with E-state index in [1.54, 1.807) is 49.7 Å². The van der Waals surface area contributed by atoms with Crippen LogP contribution in [0.5, 0.6) is 11.5 Å². The number of methoxy groups -OCH3 is 2. The maximum Gasteiger partial charge on any atom is 0.321 e. The highest BCUT2D eigenvalue weighted by molar-refractivity contribution is 5.90. The van der Waals surface area contributed by atoms with Gasteiger partial charge in [0, 0.05) is 68.0 Å². The number of hydrogen-bond acceptors (Lipinski definition) is 7. The maximum absolute atomic E-state index is 12.7. The smallest absolute Gasteiger partial charge is 0.321 e. The third kappa shape index (κ3) is 4.82. The van der Waals surface area contributed by atoms with Crippen molar-refractivity contribution in [2.75, 3.05) is 50.6 Å². The normalized spacial score (nSPS) is 13.6. The number of carbonyl (C=O) groups excluding carboxylic acids is 1. The number of piperazine rings is 1. The van der Waals surface area contributed by atoms with Gasteiger partial charge < -0.3 is 24.6 Å². The second-order valence-electron chi connectivity index (χ2n) is 7.02. The van der Waals surface area contributed by atoms with Crippen LogP contribution in [-0.4, -0.2) is 66.5 Å². The van der Waals surface area contributed by atoms with Gasteiger partial charge in [0.25, 0.3) is 0 Å². The molecule has 1 fully saturated rings. The third-order valence-corrected chi connectivity index (χ3v) is 5.12. The van der Waals surface area contributed by atoms with E-state index < -0.39 is 0 Å². The van der Waals surface area contributed by atoms with E-state index >= 15 is 0 Å². The van der Waals surface area contributed by atoms with Crippen LogP contribution in [0.25, 0.3) is 11.3 Å². The number of rotatable bonds is 5. The molecule has 2 aromatic heterocycles. The zero-order valence-electron chi connectivity index (χ0n) is 17.5. The van der Waals surface area contributed by atoms with Gasteiger partial charge in [-0.2, -0.15) is 0 Å². The van der Waals surface area contributed by atoms with E-state index in [0.29, 0.717) is 43.4 Å². The predicted octanol–water partition coefficient (Wildman–Crippen LogP) is 2.91. The minimum Gasteiger partial charge on any atom is -0.497 e. The largest absolute Gasteiger partial charge is 0.497 e. The van der Waals surface area contributed by atoms with Gasteiger partial charge in [-0.15, -0.1) is 10.2 Å². The minimum atomic E-state index is -0.158. The van der Waals surface area contributed by atoms with Gasteiger partial charge in [0.15, 0.2) is 5.82 Å². The molecule has 0 saturated carbocycles. The van der Waals surface area contributed by atoms with Crippen molar-refractivity contribution >= 4 is 17.5 Å². The van der Waals surface area contributed by atoms with Crippen LogP contribution in [0.4, 0.5) is 16.3 Å². The summed E-state index contributed by atoms with van der Waals surface area (Å²) in [5, 5.41) is 11.6. The Labute approximate surface area is 180 Å². The zero-order valence-corrected chi connectivity index (χ0v) is 17.5. The van der Waals surface area contributed by atoms with Crippen LogP contribution < -0.4 is 19.7 Å². The summed E-state index contributed by atoms with van der Waals surface area (Å²) in [6.45, 7) is 2.53. The predicted molar refractivity (Wildman–Crippen MR) is 118 cm³/mol. The van der Waals surface area contributed by atoms with Gasteiger partial charge in [-0.05, 0) is 24.3 Å². The molecule has 0 spiro atoms. The van der Waals surface area contributed by atoms with Crippen LogP contribution in [0, 0.1) is 0 Å². The second kappa shape index (κ2) is 9.29. The number of ether oxygens (including phenoxy) is 2. The molecule has 1 saturated heterocycles. The summed E-state index contributed by atoms with van der Waals surface area (Å²) in [5.41, 5.74) is 2.41. The molecule has 0 atom stereocenters. The number of pyridine rings is 1. The topological polar surface area (TPSA) is 92.7 Å². The van der Waals surface area contributed by atoms with Crippen molar-refractivity contribution in [3.8, 4) is 22.8 Å². The Hall–Kier alpha value is -3.88. The molecule has 1 N–H and O–H groups in total. The quantitative estimate of drug-likeness (QED) is 0.678. The lowest BCUT2D eigenvalue weighted by molar-refractivity contribution is 0.208. The van der Waals surface area contributed by atoms with Crippen LogP contribution >= 0.6 is 0 Å². The number of carbonyl (C=O) groups is 1. The van der Waals surface area contributed by atoms with E-state index in [1.165, 1.54) is 0 Å². The highest BCUT2D eigenvalue weighted by Crippen LogP contribution is 2.26. The number of amides is 2. The van der Waals surface area contributed by atoms with Crippen LogP contribution in [-0.2, 0) is 0 Å². The van der Waals surface area contributed by atoms with E-state index in [0.717, 1.165) is 17.1 Å². The van der Waals surface area contributed by atoms with Crippen LogP contribution in [0.2, 0.25) is 0 Å². The molecule has 0 aliphatic carbocycles. The zero-order chi connectivity index (χ0) is 21.6. The Morgan fingerprint density at radius 3 is 2.16 bits per heavy atom. The summed E-state index contributed by atoms with van der Waals surface area (Å²) in [7, 11) is 3.15. The summed E-state index contributed by atoms with van der Waals surface area (Å²) in [6, 6.07) is 12.8. The monoisotopic (exact) mass is 420 g/mol. The highest BCUT2D eigenvalue weighted by Gasteiger charge is 2.22. The first kappa shape index (κ1) is 20.4. The van der Waals surface area contributed by atoms with Gasteiger partial charge in [0.05, 0.1) is 19.9 Å². The Bertz CT molecular complexity index is 999. The van der Waals surface area contributed by atoms with E-state index in [2.05, 4.69) is 25.4 Å². The average molecular weight is 420 g/mol. The molecule has 0 unspecified atom stereocenters. The van der Waals surface area contributed by atoms with Crippen molar-refractivity contribution in [1.82, 2.24) is 20.1 Å². The van der Waals surface area contributed by atoms with Gasteiger partial charge >= 0.3 is 6.03 Å². The average Bonchev–Trinajstić information content (AvgIpc) is 2.84. The van der Waals surface area contributed by atoms with Crippen molar-refractivity contribution in [2.45, 2.75) is 0 Å². The van der Waals surface area contributed by atoms with E-state index in [1.807, 2.05) is 24.3 Å². The Kier molecular flexibility index (Phi) is 6.11. The Morgan fingerprint density at radius 1 is 0.903 bits per heavy atom. The van der Waals surface area contributed by atoms with Crippen molar-refractivity contribution in [3.05, 3.63) is 54.9 Å². The first-order valence-corrected chi connectivity index (χ1v) is 9.94. The maximum atomic E-state index is 12.7. The van der Waals surface area contributed by atoms with Crippen molar-refractivity contribution in [1.29, 1.82) is 0 Å². The Balaban J connectivity index is 1.35. The summed E-state index contributed by atoms with van der Waals surface area (Å²) in [4.78, 5) is 20.6. The molecule has 2 amide bonds. The van der Waals surface area contributed by atoms with Gasteiger partial charge in [-0.3, -0.25) is 4.98 Å². The van der Waals surface area contributed by atoms with E-state index in [9.17, 15) is 4.79 Å². The van der Waals surface area contributed by atoms with E-state index in [-0.39, 0.29) is 6.03 Å². The third-order valence-electron chi connectivity index (χ3n) is 5.12. The van der Waals surface area contributed by atoms with Crippen molar-refractivity contribution in [2.24, 2.45) is 0 Å². The van der Waals surface area contributed by atoms with Crippen molar-refractivity contribution in [3.63, 3.8) is 0 Å². The molecule has 160 valence electrons. The molecular formula is C22H24N6O3. The molecule has 0 bridgehead atoms. The molecule has 9 nitrogen and oxygen atoms in total. The molecule has 1 aliphatic heterocycles. The van der Waals surface area contributed by atoms with Crippen LogP contribution in [0.15, 0.2) is 54.9 Å². The number of hydrogen-bond donors (Lipinski definition) is 1. The first-order valence-electron chi connectivity index (χ1n) is 9.94. The number of nitrogens with zero attached hydrogens (tertiary/aromatic N) is 5. The fraction of sp³-hybridized carbons (Fsp3) is 0.273. The fourth-order valence-corrected chi connectivity index (χ4v) is 3.39. The minimum absolute atomic E-state index is 0.158. The lowest BCUT2D eigenvalue weighted by Gasteiger charge is -2.35. The van der Waals surface area contributed by atoms with Crippen LogP contribution in [0.1, 0.15) is 0 Å². The standard InChI is InChI=1S/C22H24N6O3/c1-30-18-13-17(14-19(15-18)31-2)24-22(29)28-11-9-27(10-12-28)21-4-3-20(25-26-21)16-5-7-23-8-6-16/h3-8,13-15H,9-12H2,1-2H3,(H,24,29). The first-order chi connectivity index (χ1) is 15.2. The number of urea groups is 1. The molecule has 1 aliphatic rings. The molecule has 9 heteroatoms. The Morgan fingerprint density at radius 2 is 1.58 bits per heavy atom. The lowest BCUT2D eigenvalue weighted by Crippen LogP contribution is -2.50.